The average molecular weight is 333 g/mol. The lowest BCUT2D eigenvalue weighted by Crippen LogP contribution is -2.36. The van der Waals surface area contributed by atoms with E-state index in [0.717, 1.165) is 19.3 Å². The van der Waals surface area contributed by atoms with Gasteiger partial charge in [-0.05, 0) is 47.7 Å². The number of carbonyl (C=O) groups excluding carboxylic acids is 1. The SMILES string of the molecule is CN(Cc1ccc2ccccc2c1)C(=O)[C@@H]1CCC[C@@H]1CN.Cl. The smallest absolute Gasteiger partial charge is 0.226 e. The third-order valence-electron chi connectivity index (χ3n) is 4.89. The molecule has 23 heavy (non-hydrogen) atoms. The standard InChI is InChI=1S/C19H24N2O.ClH/c1-21(19(22)18-8-4-7-17(18)12-20)13-14-9-10-15-5-2-3-6-16(15)11-14;/h2-3,5-6,9-11,17-18H,4,7-8,12-13,20H2,1H3;1H/t17-,18-;/m1./s1. The number of nitrogens with zero attached hydrogens (tertiary/aromatic N) is 1. The number of halogens is 1. The van der Waals surface area contributed by atoms with Gasteiger partial charge in [-0.15, -0.1) is 12.4 Å². The van der Waals surface area contributed by atoms with Crippen molar-refractivity contribution in [3.8, 4) is 0 Å². The Morgan fingerprint density at radius 3 is 2.65 bits per heavy atom. The van der Waals surface area contributed by atoms with Crippen molar-refractivity contribution in [3.05, 3.63) is 48.0 Å². The molecule has 2 atom stereocenters. The van der Waals surface area contributed by atoms with Gasteiger partial charge in [0.15, 0.2) is 0 Å². The zero-order valence-corrected chi connectivity index (χ0v) is 14.4. The van der Waals surface area contributed by atoms with Gasteiger partial charge in [0.25, 0.3) is 0 Å². The molecule has 2 aromatic rings. The van der Waals surface area contributed by atoms with E-state index in [1.165, 1.54) is 16.3 Å². The van der Waals surface area contributed by atoms with Gasteiger partial charge in [-0.3, -0.25) is 4.79 Å². The molecule has 0 heterocycles. The summed E-state index contributed by atoms with van der Waals surface area (Å²) in [7, 11) is 1.91. The first-order valence-electron chi connectivity index (χ1n) is 8.12. The predicted octanol–water partition coefficient (Wildman–Crippen LogP) is 3.60. The van der Waals surface area contributed by atoms with E-state index in [1.54, 1.807) is 0 Å². The van der Waals surface area contributed by atoms with Gasteiger partial charge < -0.3 is 10.6 Å². The highest BCUT2D eigenvalue weighted by Gasteiger charge is 2.33. The number of hydrogen-bond donors (Lipinski definition) is 1. The van der Waals surface area contributed by atoms with E-state index in [1.807, 2.05) is 24.1 Å². The fourth-order valence-corrected chi connectivity index (χ4v) is 3.62. The fourth-order valence-electron chi connectivity index (χ4n) is 3.62. The van der Waals surface area contributed by atoms with E-state index in [2.05, 4.69) is 30.3 Å². The number of hydrogen-bond acceptors (Lipinski definition) is 2. The van der Waals surface area contributed by atoms with Gasteiger partial charge in [-0.25, -0.2) is 0 Å². The second-order valence-electron chi connectivity index (χ2n) is 6.41. The third-order valence-corrected chi connectivity index (χ3v) is 4.89. The summed E-state index contributed by atoms with van der Waals surface area (Å²) in [6, 6.07) is 14.7. The van der Waals surface area contributed by atoms with Crippen molar-refractivity contribution in [3.63, 3.8) is 0 Å². The van der Waals surface area contributed by atoms with Gasteiger partial charge in [-0.2, -0.15) is 0 Å². The first kappa shape index (κ1) is 17.8. The molecule has 4 heteroatoms. The monoisotopic (exact) mass is 332 g/mol. The van der Waals surface area contributed by atoms with Crippen LogP contribution in [0.1, 0.15) is 24.8 Å². The highest BCUT2D eigenvalue weighted by atomic mass is 35.5. The van der Waals surface area contributed by atoms with Gasteiger partial charge in [0.2, 0.25) is 5.91 Å². The molecule has 0 saturated heterocycles. The molecule has 1 aliphatic carbocycles. The summed E-state index contributed by atoms with van der Waals surface area (Å²) in [5, 5.41) is 2.46. The molecule has 2 N–H and O–H groups in total. The molecule has 3 rings (SSSR count). The predicted molar refractivity (Wildman–Crippen MR) is 97.6 cm³/mol. The van der Waals surface area contributed by atoms with E-state index >= 15 is 0 Å². The molecule has 124 valence electrons. The van der Waals surface area contributed by atoms with Gasteiger partial charge in [0.1, 0.15) is 0 Å². The van der Waals surface area contributed by atoms with Crippen LogP contribution in [-0.2, 0) is 11.3 Å². The zero-order valence-electron chi connectivity index (χ0n) is 13.6. The van der Waals surface area contributed by atoms with E-state index in [4.69, 9.17) is 5.73 Å². The summed E-state index contributed by atoms with van der Waals surface area (Å²) in [5.41, 5.74) is 6.98. The molecule has 2 aromatic carbocycles. The van der Waals surface area contributed by atoms with Crippen LogP contribution in [0.15, 0.2) is 42.5 Å². The van der Waals surface area contributed by atoms with Gasteiger partial charge in [0.05, 0.1) is 0 Å². The normalized spacial score (nSPS) is 20.3. The van der Waals surface area contributed by atoms with E-state index < -0.39 is 0 Å². The minimum absolute atomic E-state index is 0. The van der Waals surface area contributed by atoms with Crippen LogP contribution in [0, 0.1) is 11.8 Å². The first-order valence-corrected chi connectivity index (χ1v) is 8.12. The number of fused-ring (bicyclic) bond motifs is 1. The number of nitrogens with two attached hydrogens (primary N) is 1. The largest absolute Gasteiger partial charge is 0.341 e. The molecular weight excluding hydrogens is 308 g/mol. The van der Waals surface area contributed by atoms with Crippen LogP contribution in [0.5, 0.6) is 0 Å². The van der Waals surface area contributed by atoms with Crippen LogP contribution < -0.4 is 5.73 Å². The highest BCUT2D eigenvalue weighted by molar-refractivity contribution is 5.85. The summed E-state index contributed by atoms with van der Waals surface area (Å²) in [6.07, 6.45) is 3.21. The fraction of sp³-hybridized carbons (Fsp3) is 0.421. The lowest BCUT2D eigenvalue weighted by molar-refractivity contribution is -0.135. The highest BCUT2D eigenvalue weighted by Crippen LogP contribution is 2.32. The molecule has 1 aliphatic rings. The molecule has 0 radical (unpaired) electrons. The Kier molecular flexibility index (Phi) is 6.03. The summed E-state index contributed by atoms with van der Waals surface area (Å²) in [6.45, 7) is 1.29. The van der Waals surface area contributed by atoms with Crippen molar-refractivity contribution in [2.75, 3.05) is 13.6 Å². The van der Waals surface area contributed by atoms with Gasteiger partial charge in [0, 0.05) is 19.5 Å². The quantitative estimate of drug-likeness (QED) is 0.930. The van der Waals surface area contributed by atoms with Crippen LogP contribution in [0.2, 0.25) is 0 Å². The van der Waals surface area contributed by atoms with Crippen molar-refractivity contribution in [1.82, 2.24) is 4.90 Å². The number of carbonyl (C=O) groups is 1. The van der Waals surface area contributed by atoms with Crippen molar-refractivity contribution < 1.29 is 4.79 Å². The summed E-state index contributed by atoms with van der Waals surface area (Å²) in [4.78, 5) is 14.5. The van der Waals surface area contributed by atoms with Crippen molar-refractivity contribution >= 4 is 29.1 Å². The van der Waals surface area contributed by atoms with E-state index in [0.29, 0.717) is 19.0 Å². The topological polar surface area (TPSA) is 46.3 Å². The lowest BCUT2D eigenvalue weighted by Gasteiger charge is -2.24. The lowest BCUT2D eigenvalue weighted by atomic mass is 9.94. The minimum atomic E-state index is 0. The Bertz CT molecular complexity index is 673. The number of amides is 1. The molecule has 0 spiro atoms. The molecule has 0 aromatic heterocycles. The second-order valence-corrected chi connectivity index (χ2v) is 6.41. The number of rotatable bonds is 4. The Labute approximate surface area is 144 Å². The van der Waals surface area contributed by atoms with Gasteiger partial charge >= 0.3 is 0 Å². The number of benzene rings is 2. The molecule has 0 unspecified atom stereocenters. The van der Waals surface area contributed by atoms with Crippen LogP contribution in [-0.4, -0.2) is 24.4 Å². The Balaban J connectivity index is 0.00000192. The zero-order chi connectivity index (χ0) is 15.5. The van der Waals surface area contributed by atoms with Crippen molar-refractivity contribution in [2.24, 2.45) is 17.6 Å². The van der Waals surface area contributed by atoms with Gasteiger partial charge in [-0.1, -0.05) is 42.8 Å². The Hall–Kier alpha value is -1.58. The van der Waals surface area contributed by atoms with Crippen LogP contribution >= 0.6 is 12.4 Å². The van der Waals surface area contributed by atoms with E-state index in [-0.39, 0.29) is 24.2 Å². The second kappa shape index (κ2) is 7.80. The van der Waals surface area contributed by atoms with E-state index in [9.17, 15) is 4.79 Å². The summed E-state index contributed by atoms with van der Waals surface area (Å²) in [5.74, 6) is 0.739. The summed E-state index contributed by atoms with van der Waals surface area (Å²) >= 11 is 0. The molecule has 1 amide bonds. The van der Waals surface area contributed by atoms with Crippen LogP contribution in [0.25, 0.3) is 10.8 Å². The Morgan fingerprint density at radius 1 is 1.17 bits per heavy atom. The minimum Gasteiger partial charge on any atom is -0.341 e. The molecular formula is C19H25ClN2O. The Morgan fingerprint density at radius 2 is 1.91 bits per heavy atom. The average Bonchev–Trinajstić information content (AvgIpc) is 3.02. The maximum atomic E-state index is 12.7. The van der Waals surface area contributed by atoms with Crippen LogP contribution in [0.3, 0.4) is 0 Å². The third kappa shape index (κ3) is 3.85. The molecule has 0 bridgehead atoms. The maximum Gasteiger partial charge on any atom is 0.226 e. The molecule has 0 aliphatic heterocycles. The first-order chi connectivity index (χ1) is 10.7. The summed E-state index contributed by atoms with van der Waals surface area (Å²) < 4.78 is 0. The molecule has 1 fully saturated rings. The van der Waals surface area contributed by atoms with Crippen molar-refractivity contribution in [1.29, 1.82) is 0 Å². The maximum absolute atomic E-state index is 12.7. The van der Waals surface area contributed by atoms with Crippen LogP contribution in [0.4, 0.5) is 0 Å². The molecule has 1 saturated carbocycles. The van der Waals surface area contributed by atoms with Crippen molar-refractivity contribution in [2.45, 2.75) is 25.8 Å². The molecule has 3 nitrogen and oxygen atoms in total.